The SMILES string of the molecule is COC(=O)CCc1cccc(O)c1.COc1ccc(F)c(-c2ccc(CBr)cc2C2=CCCC2(C)C)c1.COc1ccc(F)c(-c2ccc(COc3cccc(CCC(=O)O)c3)cc2C2=CCCC2(C)C)c1. The molecule has 0 aromatic heterocycles. The normalized spacial score (nSPS) is 14.1. The second-order valence-corrected chi connectivity index (χ2v) is 19.8. The molecule has 0 spiro atoms. The first-order valence-corrected chi connectivity index (χ1v) is 25.3. The molecule has 0 radical (unpaired) electrons. The van der Waals surface area contributed by atoms with Crippen LogP contribution < -0.4 is 14.2 Å². The van der Waals surface area contributed by atoms with Gasteiger partial charge in [-0.05, 0) is 172 Å². The van der Waals surface area contributed by atoms with E-state index in [1.807, 2.05) is 48.5 Å². The van der Waals surface area contributed by atoms with Crippen molar-refractivity contribution in [2.24, 2.45) is 10.8 Å². The maximum atomic E-state index is 14.9. The molecule has 2 aliphatic carbocycles. The zero-order valence-corrected chi connectivity index (χ0v) is 43.8. The molecule has 72 heavy (non-hydrogen) atoms. The van der Waals surface area contributed by atoms with Crippen molar-refractivity contribution in [1.29, 1.82) is 0 Å². The van der Waals surface area contributed by atoms with Gasteiger partial charge >= 0.3 is 11.9 Å². The van der Waals surface area contributed by atoms with Crippen molar-refractivity contribution in [1.82, 2.24) is 0 Å². The Labute approximate surface area is 431 Å². The van der Waals surface area contributed by atoms with Crippen LogP contribution in [0.4, 0.5) is 8.78 Å². The molecule has 378 valence electrons. The summed E-state index contributed by atoms with van der Waals surface area (Å²) in [4.78, 5) is 21.7. The van der Waals surface area contributed by atoms with Crippen LogP contribution >= 0.6 is 15.9 Å². The van der Waals surface area contributed by atoms with E-state index < -0.39 is 5.97 Å². The number of carbonyl (C=O) groups is 2. The Morgan fingerprint density at radius 1 is 0.569 bits per heavy atom. The van der Waals surface area contributed by atoms with Crippen molar-refractivity contribution < 1.29 is 47.5 Å². The van der Waals surface area contributed by atoms with E-state index in [-0.39, 0.29) is 40.6 Å². The van der Waals surface area contributed by atoms with E-state index >= 15 is 0 Å². The van der Waals surface area contributed by atoms with Gasteiger partial charge in [-0.25, -0.2) is 8.78 Å². The van der Waals surface area contributed by atoms with Crippen molar-refractivity contribution in [2.45, 2.75) is 91.0 Å². The Morgan fingerprint density at radius 2 is 1.08 bits per heavy atom. The van der Waals surface area contributed by atoms with Gasteiger partial charge in [0.15, 0.2) is 0 Å². The lowest BCUT2D eigenvalue weighted by atomic mass is 9.79. The van der Waals surface area contributed by atoms with Gasteiger partial charge in [0, 0.05) is 29.3 Å². The number of esters is 1. The number of benzene rings is 6. The summed E-state index contributed by atoms with van der Waals surface area (Å²) in [5, 5.41) is 18.8. The highest BCUT2D eigenvalue weighted by molar-refractivity contribution is 9.08. The number of methoxy groups -OCH3 is 3. The smallest absolute Gasteiger partial charge is 0.305 e. The van der Waals surface area contributed by atoms with Gasteiger partial charge in [0.2, 0.25) is 0 Å². The van der Waals surface area contributed by atoms with E-state index in [4.69, 9.17) is 24.4 Å². The number of hydrogen-bond donors (Lipinski definition) is 2. The molecule has 0 bridgehead atoms. The molecule has 8 nitrogen and oxygen atoms in total. The fourth-order valence-corrected chi connectivity index (χ4v) is 9.49. The average molecular weight is 1040 g/mol. The van der Waals surface area contributed by atoms with Crippen LogP contribution in [0.5, 0.6) is 23.0 Å². The van der Waals surface area contributed by atoms with Crippen molar-refractivity contribution in [3.05, 3.63) is 178 Å². The summed E-state index contributed by atoms with van der Waals surface area (Å²) in [6.45, 7) is 9.33. The highest BCUT2D eigenvalue weighted by Crippen LogP contribution is 2.49. The summed E-state index contributed by atoms with van der Waals surface area (Å²) in [7, 11) is 4.55. The third-order valence-electron chi connectivity index (χ3n) is 13.2. The quantitative estimate of drug-likeness (QED) is 0.0728. The summed E-state index contributed by atoms with van der Waals surface area (Å²) < 4.78 is 50.7. The Kier molecular flexibility index (Phi) is 19.0. The van der Waals surface area contributed by atoms with Crippen molar-refractivity contribution in [3.63, 3.8) is 0 Å². The van der Waals surface area contributed by atoms with Crippen molar-refractivity contribution >= 4 is 39.0 Å². The molecule has 6 aromatic carbocycles. The summed E-state index contributed by atoms with van der Waals surface area (Å²) in [5.74, 6) is 0.637. The lowest BCUT2D eigenvalue weighted by Crippen LogP contribution is -2.10. The van der Waals surface area contributed by atoms with E-state index in [0.29, 0.717) is 54.2 Å². The number of phenolic OH excluding ortho intramolecular Hbond substituents is 1. The number of rotatable bonds is 16. The van der Waals surface area contributed by atoms with E-state index in [2.05, 4.69) is 78.7 Å². The van der Waals surface area contributed by atoms with Gasteiger partial charge in [0.1, 0.15) is 41.2 Å². The van der Waals surface area contributed by atoms with E-state index in [0.717, 1.165) is 70.0 Å². The number of halogens is 3. The molecule has 0 atom stereocenters. The summed E-state index contributed by atoms with van der Waals surface area (Å²) in [6.07, 6.45) is 10.3. The minimum absolute atomic E-state index is 0.0119. The number of allylic oxidation sites excluding steroid dienone is 4. The van der Waals surface area contributed by atoms with Gasteiger partial charge in [0.05, 0.1) is 21.3 Å². The molecule has 0 saturated heterocycles. The second-order valence-electron chi connectivity index (χ2n) is 19.2. The molecule has 8 rings (SSSR count). The van der Waals surface area contributed by atoms with Gasteiger partial charge < -0.3 is 29.2 Å². The zero-order valence-electron chi connectivity index (χ0n) is 42.3. The Hall–Kier alpha value is -6.72. The van der Waals surface area contributed by atoms with E-state index in [9.17, 15) is 18.4 Å². The molecule has 11 heteroatoms. The standard InChI is InChI=1S/C30H31FO4.C21H22BrFO.C10H12O3/c1-30(2)15-5-8-27(30)25-17-21(9-12-24(25)26-18-22(34-3)11-13-28(26)31)19-35-23-7-4-6-20(16-23)10-14-29(32)33;1-21(2)10-4-5-19(21)17-11-14(13-22)6-8-16(17)18-12-15(24-3)7-9-20(18)23;1-13-10(12)6-5-8-3-2-4-9(11)7-8/h4,6-9,11-13,16-18H,5,10,14-15,19H2,1-3H3,(H,32,33);5-9,11-12H,4,10,13H2,1-3H3;2-4,7,11H,5-6H2,1H3. The number of hydrogen-bond acceptors (Lipinski definition) is 7. The van der Waals surface area contributed by atoms with E-state index in [1.54, 1.807) is 56.7 Å². The predicted octanol–water partition coefficient (Wildman–Crippen LogP) is 15.4. The van der Waals surface area contributed by atoms with Crippen LogP contribution in [0.15, 0.2) is 133 Å². The Morgan fingerprint density at radius 3 is 1.57 bits per heavy atom. The zero-order chi connectivity index (χ0) is 52.0. The number of aryl methyl sites for hydroxylation is 2. The molecule has 0 saturated carbocycles. The number of carbonyl (C=O) groups excluding carboxylic acids is 1. The highest BCUT2D eigenvalue weighted by Gasteiger charge is 2.32. The molecule has 6 aromatic rings. The van der Waals surface area contributed by atoms with Crippen LogP contribution in [0, 0.1) is 22.5 Å². The minimum atomic E-state index is -0.819. The maximum Gasteiger partial charge on any atom is 0.305 e. The molecular formula is C61H65BrF2O8. The van der Waals surface area contributed by atoms with Gasteiger partial charge in [-0.1, -0.05) is 110 Å². The molecule has 0 amide bonds. The molecule has 0 aliphatic heterocycles. The summed E-state index contributed by atoms with van der Waals surface area (Å²) in [5.41, 5.74) is 11.7. The maximum absolute atomic E-state index is 14.9. The first kappa shape index (κ1) is 54.6. The predicted molar refractivity (Wildman–Crippen MR) is 287 cm³/mol. The third-order valence-corrected chi connectivity index (χ3v) is 13.9. The van der Waals surface area contributed by atoms with Crippen LogP contribution in [-0.2, 0) is 39.1 Å². The van der Waals surface area contributed by atoms with Crippen LogP contribution in [0.3, 0.4) is 0 Å². The fraction of sp³-hybridized carbons (Fsp3) is 0.311. The highest BCUT2D eigenvalue weighted by atomic mass is 79.9. The summed E-state index contributed by atoms with van der Waals surface area (Å²) in [6, 6.07) is 36.4. The van der Waals surface area contributed by atoms with Crippen LogP contribution in [0.25, 0.3) is 33.4 Å². The molecule has 0 fully saturated rings. The fourth-order valence-electron chi connectivity index (χ4n) is 9.14. The van der Waals surface area contributed by atoms with Gasteiger partial charge in [0.25, 0.3) is 0 Å². The second kappa shape index (κ2) is 25.1. The minimum Gasteiger partial charge on any atom is -0.508 e. The number of phenols is 1. The number of alkyl halides is 1. The average Bonchev–Trinajstić information content (AvgIpc) is 3.93. The first-order chi connectivity index (χ1) is 34.4. The molecule has 2 aliphatic rings. The Bertz CT molecular complexity index is 2920. The molecule has 2 N–H and O–H groups in total. The van der Waals surface area contributed by atoms with E-state index in [1.165, 1.54) is 36.0 Å². The molecule has 0 heterocycles. The topological polar surface area (TPSA) is 112 Å². The number of carboxylic acid groups (broad SMARTS) is 1. The number of ether oxygens (including phenoxy) is 4. The Balaban J connectivity index is 0.000000197. The van der Waals surface area contributed by atoms with Gasteiger partial charge in [-0.3, -0.25) is 9.59 Å². The number of aliphatic carboxylic acids is 1. The van der Waals surface area contributed by atoms with Crippen LogP contribution in [0.1, 0.15) is 99.6 Å². The van der Waals surface area contributed by atoms with Crippen LogP contribution in [-0.4, -0.2) is 43.5 Å². The lowest BCUT2D eigenvalue weighted by molar-refractivity contribution is -0.140. The van der Waals surface area contributed by atoms with Gasteiger partial charge in [-0.15, -0.1) is 0 Å². The van der Waals surface area contributed by atoms with Crippen molar-refractivity contribution in [3.8, 4) is 45.3 Å². The third kappa shape index (κ3) is 14.5. The molecular weight excluding hydrogens is 979 g/mol. The van der Waals surface area contributed by atoms with Gasteiger partial charge in [-0.2, -0.15) is 0 Å². The number of carboxylic acids is 1. The van der Waals surface area contributed by atoms with Crippen molar-refractivity contribution in [2.75, 3.05) is 21.3 Å². The largest absolute Gasteiger partial charge is 0.508 e. The lowest BCUT2D eigenvalue weighted by Gasteiger charge is -2.25. The van der Waals surface area contributed by atoms with Crippen LogP contribution in [0.2, 0.25) is 0 Å². The summed E-state index contributed by atoms with van der Waals surface area (Å²) >= 11 is 3.53. The monoisotopic (exact) mass is 1040 g/mol. The first-order valence-electron chi connectivity index (χ1n) is 24.1. The number of aromatic hydroxyl groups is 1. The molecule has 0 unspecified atom stereocenters.